The third kappa shape index (κ3) is 4.00. The Morgan fingerprint density at radius 1 is 1.33 bits per heavy atom. The summed E-state index contributed by atoms with van der Waals surface area (Å²) in [5, 5.41) is 3.18. The molecule has 102 valence electrons. The predicted molar refractivity (Wildman–Crippen MR) is 77.0 cm³/mol. The summed E-state index contributed by atoms with van der Waals surface area (Å²) in [6.07, 6.45) is 0. The first kappa shape index (κ1) is 15.0. The number of ether oxygens (including phenoxy) is 1. The van der Waals surface area contributed by atoms with Crippen LogP contribution in [0.3, 0.4) is 0 Å². The molecule has 1 aromatic rings. The molecule has 0 fully saturated rings. The zero-order valence-corrected chi connectivity index (χ0v) is 12.3. The minimum atomic E-state index is 0.549. The molecule has 0 radical (unpaired) electrons. The monoisotopic (exact) mass is 250 g/mol. The van der Waals surface area contributed by atoms with Gasteiger partial charge in [-0.15, -0.1) is 0 Å². The molecule has 3 nitrogen and oxygen atoms in total. The molecule has 0 aliphatic carbocycles. The first-order valence-corrected chi connectivity index (χ1v) is 6.66. The second-order valence-electron chi connectivity index (χ2n) is 4.83. The summed E-state index contributed by atoms with van der Waals surface area (Å²) in [5.74, 6) is 0.981. The number of nitrogens with one attached hydrogen (secondary N) is 1. The van der Waals surface area contributed by atoms with Gasteiger partial charge in [0.2, 0.25) is 0 Å². The van der Waals surface area contributed by atoms with Gasteiger partial charge in [-0.05, 0) is 45.1 Å². The van der Waals surface area contributed by atoms with Gasteiger partial charge in [0.05, 0.1) is 7.11 Å². The average molecular weight is 250 g/mol. The number of methoxy groups -OCH3 is 1. The molecule has 0 bridgehead atoms. The topological polar surface area (TPSA) is 24.5 Å². The molecule has 0 heterocycles. The average Bonchev–Trinajstić information content (AvgIpc) is 2.36. The fraction of sp³-hybridized carbons (Fsp3) is 0.600. The molecule has 0 spiro atoms. The Morgan fingerprint density at radius 3 is 2.56 bits per heavy atom. The molecule has 0 amide bonds. The molecule has 3 heteroatoms. The maximum absolute atomic E-state index is 5.46. The summed E-state index contributed by atoms with van der Waals surface area (Å²) in [4.78, 5) is 2.43. The summed E-state index contributed by atoms with van der Waals surface area (Å²) < 4.78 is 5.46. The SMILES string of the molecule is CCN(Cc1cc(CNC)ccc1OC)C(C)C. The van der Waals surface area contributed by atoms with Gasteiger partial charge in [0.1, 0.15) is 5.75 Å². The highest BCUT2D eigenvalue weighted by Gasteiger charge is 2.11. The van der Waals surface area contributed by atoms with Crippen LogP contribution in [-0.2, 0) is 13.1 Å². The smallest absolute Gasteiger partial charge is 0.123 e. The summed E-state index contributed by atoms with van der Waals surface area (Å²) in [7, 11) is 3.71. The third-order valence-electron chi connectivity index (χ3n) is 3.24. The lowest BCUT2D eigenvalue weighted by Gasteiger charge is -2.25. The second kappa shape index (κ2) is 7.39. The lowest BCUT2D eigenvalue weighted by atomic mass is 10.1. The molecule has 1 N–H and O–H groups in total. The summed E-state index contributed by atoms with van der Waals surface area (Å²) in [5.41, 5.74) is 2.56. The molecular weight excluding hydrogens is 224 g/mol. The number of hydrogen-bond acceptors (Lipinski definition) is 3. The third-order valence-corrected chi connectivity index (χ3v) is 3.24. The standard InChI is InChI=1S/C15H26N2O/c1-6-17(12(2)3)11-14-9-13(10-16-4)7-8-15(14)18-5/h7-9,12,16H,6,10-11H2,1-5H3. The van der Waals surface area contributed by atoms with Gasteiger partial charge in [-0.3, -0.25) is 4.90 Å². The van der Waals surface area contributed by atoms with Crippen molar-refractivity contribution in [2.75, 3.05) is 20.7 Å². The van der Waals surface area contributed by atoms with Crippen LogP contribution in [-0.4, -0.2) is 31.6 Å². The van der Waals surface area contributed by atoms with E-state index in [0.717, 1.165) is 25.4 Å². The highest BCUT2D eigenvalue weighted by molar-refractivity contribution is 5.37. The summed E-state index contributed by atoms with van der Waals surface area (Å²) >= 11 is 0. The minimum Gasteiger partial charge on any atom is -0.496 e. The maximum atomic E-state index is 5.46. The number of benzene rings is 1. The Hall–Kier alpha value is -1.06. The van der Waals surface area contributed by atoms with E-state index in [1.165, 1.54) is 11.1 Å². The van der Waals surface area contributed by atoms with Gasteiger partial charge >= 0.3 is 0 Å². The van der Waals surface area contributed by atoms with Crippen LogP contribution in [0.4, 0.5) is 0 Å². The molecule has 1 rings (SSSR count). The Morgan fingerprint density at radius 2 is 2.06 bits per heavy atom. The summed E-state index contributed by atoms with van der Waals surface area (Å²) in [6.45, 7) is 9.54. The normalized spacial score (nSPS) is 11.3. The molecule has 0 aliphatic heterocycles. The number of hydrogen-bond donors (Lipinski definition) is 1. The quantitative estimate of drug-likeness (QED) is 0.805. The lowest BCUT2D eigenvalue weighted by Crippen LogP contribution is -2.30. The van der Waals surface area contributed by atoms with Gasteiger partial charge in [0.25, 0.3) is 0 Å². The molecule has 18 heavy (non-hydrogen) atoms. The van der Waals surface area contributed by atoms with Crippen molar-refractivity contribution in [1.29, 1.82) is 0 Å². The maximum Gasteiger partial charge on any atom is 0.123 e. The van der Waals surface area contributed by atoms with Crippen molar-refractivity contribution >= 4 is 0 Å². The number of nitrogens with zero attached hydrogens (tertiary/aromatic N) is 1. The van der Waals surface area contributed by atoms with Crippen molar-refractivity contribution in [3.63, 3.8) is 0 Å². The number of rotatable bonds is 7. The van der Waals surface area contributed by atoms with Crippen LogP contribution in [0.2, 0.25) is 0 Å². The van der Waals surface area contributed by atoms with E-state index < -0.39 is 0 Å². The molecule has 0 saturated carbocycles. The fourth-order valence-corrected chi connectivity index (χ4v) is 2.15. The van der Waals surface area contributed by atoms with Gasteiger partial charge < -0.3 is 10.1 Å². The summed E-state index contributed by atoms with van der Waals surface area (Å²) in [6, 6.07) is 6.97. The highest BCUT2D eigenvalue weighted by Crippen LogP contribution is 2.22. The second-order valence-corrected chi connectivity index (χ2v) is 4.83. The van der Waals surface area contributed by atoms with E-state index in [1.807, 2.05) is 7.05 Å². The highest BCUT2D eigenvalue weighted by atomic mass is 16.5. The first-order chi connectivity index (χ1) is 8.62. The fourth-order valence-electron chi connectivity index (χ4n) is 2.15. The van der Waals surface area contributed by atoms with Crippen molar-refractivity contribution in [3.05, 3.63) is 29.3 Å². The van der Waals surface area contributed by atoms with Gasteiger partial charge in [0, 0.05) is 24.7 Å². The zero-order chi connectivity index (χ0) is 13.5. The molecule has 0 unspecified atom stereocenters. The van der Waals surface area contributed by atoms with Crippen LogP contribution >= 0.6 is 0 Å². The Balaban J connectivity index is 2.92. The molecule has 0 atom stereocenters. The van der Waals surface area contributed by atoms with Gasteiger partial charge in [-0.25, -0.2) is 0 Å². The molecule has 1 aromatic carbocycles. The van der Waals surface area contributed by atoms with E-state index >= 15 is 0 Å². The van der Waals surface area contributed by atoms with E-state index in [9.17, 15) is 0 Å². The van der Waals surface area contributed by atoms with Gasteiger partial charge in [-0.2, -0.15) is 0 Å². The van der Waals surface area contributed by atoms with Crippen LogP contribution in [0.5, 0.6) is 5.75 Å². The molecule has 0 saturated heterocycles. The van der Waals surface area contributed by atoms with E-state index in [-0.39, 0.29) is 0 Å². The van der Waals surface area contributed by atoms with Crippen LogP contribution in [0.25, 0.3) is 0 Å². The zero-order valence-electron chi connectivity index (χ0n) is 12.3. The molecular formula is C15H26N2O. The van der Waals surface area contributed by atoms with E-state index in [2.05, 4.69) is 49.2 Å². The Bertz CT molecular complexity index is 364. The van der Waals surface area contributed by atoms with Crippen molar-refractivity contribution in [2.24, 2.45) is 0 Å². The van der Waals surface area contributed by atoms with E-state index in [1.54, 1.807) is 7.11 Å². The van der Waals surface area contributed by atoms with Gasteiger partial charge in [-0.1, -0.05) is 13.0 Å². The molecule has 0 aromatic heterocycles. The van der Waals surface area contributed by atoms with Crippen LogP contribution in [0.1, 0.15) is 31.9 Å². The van der Waals surface area contributed by atoms with E-state index in [4.69, 9.17) is 4.74 Å². The Labute approximate surface area is 111 Å². The van der Waals surface area contributed by atoms with Crippen LogP contribution < -0.4 is 10.1 Å². The predicted octanol–water partition coefficient (Wildman–Crippen LogP) is 2.64. The van der Waals surface area contributed by atoms with Crippen molar-refractivity contribution < 1.29 is 4.74 Å². The lowest BCUT2D eigenvalue weighted by molar-refractivity contribution is 0.221. The van der Waals surface area contributed by atoms with Crippen LogP contribution in [0.15, 0.2) is 18.2 Å². The minimum absolute atomic E-state index is 0.549. The van der Waals surface area contributed by atoms with Gasteiger partial charge in [0.15, 0.2) is 0 Å². The van der Waals surface area contributed by atoms with E-state index in [0.29, 0.717) is 6.04 Å². The molecule has 0 aliphatic rings. The first-order valence-electron chi connectivity index (χ1n) is 6.66. The Kier molecular flexibility index (Phi) is 6.16. The largest absolute Gasteiger partial charge is 0.496 e. The van der Waals surface area contributed by atoms with Crippen molar-refractivity contribution in [2.45, 2.75) is 39.9 Å². The van der Waals surface area contributed by atoms with Crippen molar-refractivity contribution in [1.82, 2.24) is 10.2 Å². The van der Waals surface area contributed by atoms with Crippen LogP contribution in [0, 0.1) is 0 Å². The van der Waals surface area contributed by atoms with Crippen molar-refractivity contribution in [3.8, 4) is 5.75 Å².